The molecular weight excluding hydrogens is 344 g/mol. The van der Waals surface area contributed by atoms with Gasteiger partial charge in [-0.05, 0) is 44.7 Å². The summed E-state index contributed by atoms with van der Waals surface area (Å²) in [6.07, 6.45) is 4.42. The summed E-state index contributed by atoms with van der Waals surface area (Å²) in [5, 5.41) is 3.76. The van der Waals surface area contributed by atoms with Crippen LogP contribution in [0, 0.1) is 6.92 Å². The fourth-order valence-corrected chi connectivity index (χ4v) is 4.87. The monoisotopic (exact) mass is 368 g/mol. The van der Waals surface area contributed by atoms with E-state index in [1.807, 2.05) is 0 Å². The zero-order valence-electron chi connectivity index (χ0n) is 14.6. The Kier molecular flexibility index (Phi) is 5.61. The van der Waals surface area contributed by atoms with E-state index >= 15 is 0 Å². The minimum Gasteiger partial charge on any atom is -0.440 e. The first kappa shape index (κ1) is 18.2. The lowest BCUT2D eigenvalue weighted by molar-refractivity contribution is 0.171. The average molecular weight is 368 g/mol. The van der Waals surface area contributed by atoms with Crippen LogP contribution in [0.25, 0.3) is 11.5 Å². The number of sulfonamides is 1. The summed E-state index contributed by atoms with van der Waals surface area (Å²) in [6.45, 7) is 2.96. The molecule has 3 rings (SSSR count). The van der Waals surface area contributed by atoms with Crippen molar-refractivity contribution in [2.24, 2.45) is 0 Å². The molecule has 0 saturated carbocycles. The molecule has 2 aromatic heterocycles. The van der Waals surface area contributed by atoms with Crippen LogP contribution in [-0.2, 0) is 14.8 Å². The van der Waals surface area contributed by atoms with Crippen molar-refractivity contribution >= 4 is 10.0 Å². The Hall–Kier alpha value is -1.64. The van der Waals surface area contributed by atoms with Gasteiger partial charge < -0.3 is 13.7 Å². The summed E-state index contributed by atoms with van der Waals surface area (Å²) in [5.41, 5.74) is 0.713. The van der Waals surface area contributed by atoms with E-state index in [1.54, 1.807) is 30.5 Å². The number of furan rings is 1. The zero-order valence-corrected chi connectivity index (χ0v) is 15.4. The maximum atomic E-state index is 13.0. The van der Waals surface area contributed by atoms with Gasteiger partial charge in [-0.25, -0.2) is 8.42 Å². The molecule has 25 heavy (non-hydrogen) atoms. The van der Waals surface area contributed by atoms with Crippen molar-refractivity contribution in [3.63, 3.8) is 0 Å². The van der Waals surface area contributed by atoms with Crippen molar-refractivity contribution < 1.29 is 22.1 Å². The van der Waals surface area contributed by atoms with E-state index in [1.165, 1.54) is 6.07 Å². The van der Waals surface area contributed by atoms with Gasteiger partial charge in [0, 0.05) is 32.4 Å². The van der Waals surface area contributed by atoms with Crippen LogP contribution in [0.4, 0.5) is 0 Å². The molecule has 0 radical (unpaired) electrons. The molecule has 0 bridgehead atoms. The predicted molar refractivity (Wildman–Crippen MR) is 91.6 cm³/mol. The lowest BCUT2D eigenvalue weighted by atomic mass is 10.0. The number of rotatable bonds is 7. The SMILES string of the molecule is COCCC[C@H]1CCCCN1S(=O)(=O)c1ccc(-c2cc(C)no2)o1. The van der Waals surface area contributed by atoms with Gasteiger partial charge in [0.15, 0.2) is 5.76 Å². The Morgan fingerprint density at radius 1 is 1.32 bits per heavy atom. The number of piperidine rings is 1. The molecule has 0 amide bonds. The maximum absolute atomic E-state index is 13.0. The van der Waals surface area contributed by atoms with Gasteiger partial charge in [-0.15, -0.1) is 0 Å². The molecule has 0 aliphatic carbocycles. The summed E-state index contributed by atoms with van der Waals surface area (Å²) in [7, 11) is -2.01. The van der Waals surface area contributed by atoms with E-state index in [0.29, 0.717) is 30.4 Å². The second kappa shape index (κ2) is 7.72. The summed E-state index contributed by atoms with van der Waals surface area (Å²) < 4.78 is 43.5. The maximum Gasteiger partial charge on any atom is 0.276 e. The average Bonchev–Trinajstić information content (AvgIpc) is 3.24. The molecule has 0 aromatic carbocycles. The smallest absolute Gasteiger partial charge is 0.276 e. The number of nitrogens with zero attached hydrogens (tertiary/aromatic N) is 2. The molecule has 3 heterocycles. The van der Waals surface area contributed by atoms with Crippen molar-refractivity contribution in [3.8, 4) is 11.5 Å². The highest BCUT2D eigenvalue weighted by Gasteiger charge is 2.35. The topological polar surface area (TPSA) is 85.8 Å². The molecule has 7 nitrogen and oxygen atoms in total. The molecule has 1 aliphatic rings. The first-order valence-electron chi connectivity index (χ1n) is 8.56. The van der Waals surface area contributed by atoms with Gasteiger partial charge in [-0.3, -0.25) is 0 Å². The van der Waals surface area contributed by atoms with Gasteiger partial charge in [0.05, 0.1) is 5.69 Å². The highest BCUT2D eigenvalue weighted by molar-refractivity contribution is 7.89. The van der Waals surface area contributed by atoms with Gasteiger partial charge >= 0.3 is 0 Å². The number of aromatic nitrogens is 1. The molecule has 0 spiro atoms. The van der Waals surface area contributed by atoms with Gasteiger partial charge in [0.1, 0.15) is 0 Å². The van der Waals surface area contributed by atoms with E-state index in [0.717, 1.165) is 32.1 Å². The first-order valence-corrected chi connectivity index (χ1v) is 10.0. The molecule has 8 heteroatoms. The minimum atomic E-state index is -3.66. The van der Waals surface area contributed by atoms with Crippen molar-refractivity contribution in [1.82, 2.24) is 9.46 Å². The Balaban J connectivity index is 1.80. The van der Waals surface area contributed by atoms with Crippen LogP contribution >= 0.6 is 0 Å². The zero-order chi connectivity index (χ0) is 17.9. The lowest BCUT2D eigenvalue weighted by Gasteiger charge is -2.34. The van der Waals surface area contributed by atoms with Gasteiger partial charge in [-0.1, -0.05) is 11.6 Å². The van der Waals surface area contributed by atoms with Gasteiger partial charge in [-0.2, -0.15) is 4.31 Å². The highest BCUT2D eigenvalue weighted by Crippen LogP contribution is 2.31. The summed E-state index contributed by atoms with van der Waals surface area (Å²) in [4.78, 5) is 0. The Morgan fingerprint density at radius 3 is 2.88 bits per heavy atom. The van der Waals surface area contributed by atoms with Gasteiger partial charge in [0.2, 0.25) is 10.9 Å². The summed E-state index contributed by atoms with van der Waals surface area (Å²) in [6, 6.07) is 4.80. The van der Waals surface area contributed by atoms with Crippen LogP contribution in [0.1, 0.15) is 37.8 Å². The third-order valence-corrected chi connectivity index (χ3v) is 6.30. The third kappa shape index (κ3) is 3.96. The van der Waals surface area contributed by atoms with Crippen molar-refractivity contribution in [3.05, 3.63) is 23.9 Å². The minimum absolute atomic E-state index is 0.00465. The number of hydrogen-bond donors (Lipinski definition) is 0. The Bertz CT molecular complexity index is 796. The van der Waals surface area contributed by atoms with Crippen LogP contribution < -0.4 is 0 Å². The highest BCUT2D eigenvalue weighted by atomic mass is 32.2. The first-order chi connectivity index (χ1) is 12.0. The fraction of sp³-hybridized carbons (Fsp3) is 0.588. The molecule has 0 N–H and O–H groups in total. The third-order valence-electron chi connectivity index (χ3n) is 4.47. The van der Waals surface area contributed by atoms with E-state index < -0.39 is 10.0 Å². The molecular formula is C17H24N2O5S. The molecule has 138 valence electrons. The van der Waals surface area contributed by atoms with Crippen LogP contribution in [-0.4, -0.2) is 44.2 Å². The van der Waals surface area contributed by atoms with Crippen molar-refractivity contribution in [2.75, 3.05) is 20.3 Å². The molecule has 1 aliphatic heterocycles. The number of ether oxygens (including phenoxy) is 1. The standard InChI is InChI=1S/C17H24N2O5S/c1-13-12-16(24-18-13)15-8-9-17(23-15)25(20,21)19-10-4-3-6-14(19)7-5-11-22-2/h8-9,12,14H,3-7,10-11H2,1-2H3/t14-/m1/s1. The van der Waals surface area contributed by atoms with Crippen LogP contribution in [0.5, 0.6) is 0 Å². The molecule has 0 unspecified atom stereocenters. The van der Waals surface area contributed by atoms with E-state index in [-0.39, 0.29) is 11.1 Å². The summed E-state index contributed by atoms with van der Waals surface area (Å²) >= 11 is 0. The van der Waals surface area contributed by atoms with E-state index in [9.17, 15) is 8.42 Å². The fourth-order valence-electron chi connectivity index (χ4n) is 3.23. The van der Waals surface area contributed by atoms with Crippen molar-refractivity contribution in [1.29, 1.82) is 0 Å². The van der Waals surface area contributed by atoms with Crippen LogP contribution in [0.15, 0.2) is 32.2 Å². The number of aryl methyl sites for hydroxylation is 1. The quantitative estimate of drug-likeness (QED) is 0.698. The second-order valence-electron chi connectivity index (χ2n) is 6.35. The van der Waals surface area contributed by atoms with Crippen LogP contribution in [0.2, 0.25) is 0 Å². The van der Waals surface area contributed by atoms with Gasteiger partial charge in [0.25, 0.3) is 10.0 Å². The van der Waals surface area contributed by atoms with Crippen LogP contribution in [0.3, 0.4) is 0 Å². The number of hydrogen-bond acceptors (Lipinski definition) is 6. The molecule has 2 aromatic rings. The predicted octanol–water partition coefficient (Wildman–Crippen LogP) is 3.21. The largest absolute Gasteiger partial charge is 0.440 e. The summed E-state index contributed by atoms with van der Waals surface area (Å²) in [5.74, 6) is 0.793. The normalized spacial score (nSPS) is 19.4. The molecule has 1 saturated heterocycles. The van der Waals surface area contributed by atoms with E-state index in [4.69, 9.17) is 13.7 Å². The Labute approximate surface area is 148 Å². The second-order valence-corrected chi connectivity index (χ2v) is 8.17. The Morgan fingerprint density at radius 2 is 2.16 bits per heavy atom. The molecule has 1 fully saturated rings. The van der Waals surface area contributed by atoms with E-state index in [2.05, 4.69) is 5.16 Å². The van der Waals surface area contributed by atoms with Crippen molar-refractivity contribution in [2.45, 2.75) is 50.2 Å². The number of methoxy groups -OCH3 is 1. The lowest BCUT2D eigenvalue weighted by Crippen LogP contribution is -2.43. The molecule has 1 atom stereocenters.